The summed E-state index contributed by atoms with van der Waals surface area (Å²) in [5, 5.41) is 0.405. The van der Waals surface area contributed by atoms with Gasteiger partial charge in [-0.3, -0.25) is 0 Å². The minimum Gasteiger partial charge on any atom is -0.329 e. The first-order valence-electron chi connectivity index (χ1n) is 4.29. The van der Waals surface area contributed by atoms with Gasteiger partial charge in [-0.1, -0.05) is 24.3 Å². The highest BCUT2D eigenvalue weighted by atomic mass is 35.5. The molecule has 0 radical (unpaired) electrons. The monoisotopic (exact) mass is 207 g/mol. The van der Waals surface area contributed by atoms with Crippen molar-refractivity contribution in [2.24, 2.45) is 5.73 Å². The fourth-order valence-electron chi connectivity index (χ4n) is 1.26. The van der Waals surface area contributed by atoms with E-state index in [9.17, 15) is 0 Å². The molecule has 3 nitrogen and oxygen atoms in total. The third-order valence-corrected chi connectivity index (χ3v) is 2.24. The zero-order valence-corrected chi connectivity index (χ0v) is 8.25. The SMILES string of the molecule is NCc1ccc(-c2cnc(Cl)[nH]2)cc1. The number of hydrogen-bond donors (Lipinski definition) is 2. The summed E-state index contributed by atoms with van der Waals surface area (Å²) in [4.78, 5) is 6.87. The maximum Gasteiger partial charge on any atom is 0.200 e. The molecule has 0 aliphatic rings. The topological polar surface area (TPSA) is 54.7 Å². The number of hydrogen-bond acceptors (Lipinski definition) is 2. The Bertz CT molecular complexity index is 419. The summed E-state index contributed by atoms with van der Waals surface area (Å²) >= 11 is 5.68. The Morgan fingerprint density at radius 3 is 2.50 bits per heavy atom. The van der Waals surface area contributed by atoms with Crippen molar-refractivity contribution >= 4 is 11.6 Å². The van der Waals surface area contributed by atoms with Crippen LogP contribution in [0.4, 0.5) is 0 Å². The minimum atomic E-state index is 0.405. The minimum absolute atomic E-state index is 0.405. The highest BCUT2D eigenvalue weighted by Crippen LogP contribution is 2.18. The summed E-state index contributed by atoms with van der Waals surface area (Å²) in [6.45, 7) is 0.560. The Morgan fingerprint density at radius 2 is 2.00 bits per heavy atom. The molecule has 0 aliphatic heterocycles. The third kappa shape index (κ3) is 1.78. The number of nitrogens with zero attached hydrogens (tertiary/aromatic N) is 1. The van der Waals surface area contributed by atoms with Gasteiger partial charge in [-0.25, -0.2) is 4.98 Å². The molecule has 3 N–H and O–H groups in total. The lowest BCUT2D eigenvalue weighted by Crippen LogP contribution is -1.95. The van der Waals surface area contributed by atoms with Crippen LogP contribution in [0.25, 0.3) is 11.3 Å². The van der Waals surface area contributed by atoms with Gasteiger partial charge < -0.3 is 10.7 Å². The molecule has 1 aromatic carbocycles. The average Bonchev–Trinajstić information content (AvgIpc) is 2.65. The Labute approximate surface area is 86.9 Å². The molecule has 2 aromatic rings. The zero-order valence-electron chi connectivity index (χ0n) is 7.50. The Morgan fingerprint density at radius 1 is 1.29 bits per heavy atom. The number of imidazole rings is 1. The standard InChI is InChI=1S/C10H10ClN3/c11-10-13-6-9(14-10)8-3-1-7(5-12)2-4-8/h1-4,6H,5,12H2,(H,13,14). The maximum absolute atomic E-state index is 5.68. The van der Waals surface area contributed by atoms with Gasteiger partial charge in [0.2, 0.25) is 0 Å². The average molecular weight is 208 g/mol. The first-order valence-corrected chi connectivity index (χ1v) is 4.67. The van der Waals surface area contributed by atoms with Gasteiger partial charge in [0, 0.05) is 6.54 Å². The summed E-state index contributed by atoms with van der Waals surface area (Å²) in [6.07, 6.45) is 1.71. The molecule has 0 saturated carbocycles. The molecule has 0 atom stereocenters. The first-order chi connectivity index (χ1) is 6.79. The number of aromatic amines is 1. The first kappa shape index (κ1) is 9.24. The third-order valence-electron chi connectivity index (χ3n) is 2.05. The van der Waals surface area contributed by atoms with Crippen molar-refractivity contribution in [3.05, 3.63) is 41.3 Å². The molecular weight excluding hydrogens is 198 g/mol. The van der Waals surface area contributed by atoms with Gasteiger partial charge in [0.1, 0.15) is 0 Å². The summed E-state index contributed by atoms with van der Waals surface area (Å²) in [6, 6.07) is 7.96. The summed E-state index contributed by atoms with van der Waals surface area (Å²) in [5.74, 6) is 0. The largest absolute Gasteiger partial charge is 0.329 e. The van der Waals surface area contributed by atoms with Crippen molar-refractivity contribution in [2.75, 3.05) is 0 Å². The van der Waals surface area contributed by atoms with E-state index >= 15 is 0 Å². The van der Waals surface area contributed by atoms with Crippen molar-refractivity contribution in [3.63, 3.8) is 0 Å². The van der Waals surface area contributed by atoms with Gasteiger partial charge >= 0.3 is 0 Å². The van der Waals surface area contributed by atoms with E-state index in [2.05, 4.69) is 9.97 Å². The van der Waals surface area contributed by atoms with E-state index in [1.807, 2.05) is 24.3 Å². The van der Waals surface area contributed by atoms with Crippen LogP contribution in [0.15, 0.2) is 30.5 Å². The molecule has 0 fully saturated rings. The smallest absolute Gasteiger partial charge is 0.200 e. The molecule has 14 heavy (non-hydrogen) atoms. The van der Waals surface area contributed by atoms with Crippen LogP contribution >= 0.6 is 11.6 Å². The lowest BCUT2D eigenvalue weighted by Gasteiger charge is -1.99. The number of aromatic nitrogens is 2. The summed E-state index contributed by atoms with van der Waals surface area (Å²) < 4.78 is 0. The van der Waals surface area contributed by atoms with E-state index in [0.29, 0.717) is 11.8 Å². The quantitative estimate of drug-likeness (QED) is 0.793. The Hall–Kier alpha value is -1.32. The van der Waals surface area contributed by atoms with Gasteiger partial charge in [-0.2, -0.15) is 0 Å². The van der Waals surface area contributed by atoms with Crippen molar-refractivity contribution in [1.29, 1.82) is 0 Å². The number of benzene rings is 1. The fourth-order valence-corrected chi connectivity index (χ4v) is 1.41. The highest BCUT2D eigenvalue weighted by Gasteiger charge is 2.00. The van der Waals surface area contributed by atoms with Gasteiger partial charge in [-0.15, -0.1) is 0 Å². The molecule has 0 spiro atoms. The molecule has 0 aliphatic carbocycles. The number of H-pyrrole nitrogens is 1. The molecule has 0 saturated heterocycles. The van der Waals surface area contributed by atoms with E-state index < -0.39 is 0 Å². The summed E-state index contributed by atoms with van der Waals surface area (Å²) in [7, 11) is 0. The highest BCUT2D eigenvalue weighted by molar-refractivity contribution is 6.28. The molecule has 2 rings (SSSR count). The van der Waals surface area contributed by atoms with Crippen LogP contribution < -0.4 is 5.73 Å². The fraction of sp³-hybridized carbons (Fsp3) is 0.100. The van der Waals surface area contributed by atoms with Crippen LogP contribution in [-0.2, 0) is 6.54 Å². The van der Waals surface area contributed by atoms with Crippen LogP contribution in [0.2, 0.25) is 5.28 Å². The molecule has 72 valence electrons. The number of nitrogens with two attached hydrogens (primary N) is 1. The molecule has 4 heteroatoms. The number of rotatable bonds is 2. The lowest BCUT2D eigenvalue weighted by molar-refractivity contribution is 1.07. The number of halogens is 1. The van der Waals surface area contributed by atoms with Crippen molar-refractivity contribution in [1.82, 2.24) is 9.97 Å². The van der Waals surface area contributed by atoms with Crippen molar-refractivity contribution in [3.8, 4) is 11.3 Å². The van der Waals surface area contributed by atoms with Gasteiger partial charge in [-0.05, 0) is 22.7 Å². The van der Waals surface area contributed by atoms with E-state index in [-0.39, 0.29) is 0 Å². The van der Waals surface area contributed by atoms with E-state index in [1.165, 1.54) is 0 Å². The Kier molecular flexibility index (Phi) is 2.52. The molecule has 0 amide bonds. The molecule has 0 bridgehead atoms. The summed E-state index contributed by atoms with van der Waals surface area (Å²) in [5.41, 5.74) is 8.58. The predicted octanol–water partition coefficient (Wildman–Crippen LogP) is 2.19. The van der Waals surface area contributed by atoms with Crippen LogP contribution in [0.1, 0.15) is 5.56 Å². The molecular formula is C10H10ClN3. The van der Waals surface area contributed by atoms with E-state index in [0.717, 1.165) is 16.8 Å². The second kappa shape index (κ2) is 3.82. The molecule has 0 unspecified atom stereocenters. The predicted molar refractivity (Wildman–Crippen MR) is 56.9 cm³/mol. The van der Waals surface area contributed by atoms with Crippen LogP contribution in [0, 0.1) is 0 Å². The molecule has 1 heterocycles. The second-order valence-corrected chi connectivity index (χ2v) is 3.35. The van der Waals surface area contributed by atoms with Crippen LogP contribution in [0.3, 0.4) is 0 Å². The van der Waals surface area contributed by atoms with Crippen molar-refractivity contribution < 1.29 is 0 Å². The maximum atomic E-state index is 5.68. The van der Waals surface area contributed by atoms with Gasteiger partial charge in [0.05, 0.1) is 11.9 Å². The van der Waals surface area contributed by atoms with Crippen molar-refractivity contribution in [2.45, 2.75) is 6.54 Å². The van der Waals surface area contributed by atoms with E-state index in [4.69, 9.17) is 17.3 Å². The van der Waals surface area contributed by atoms with Crippen LogP contribution in [0.5, 0.6) is 0 Å². The Balaban J connectivity index is 2.33. The second-order valence-electron chi connectivity index (χ2n) is 2.99. The zero-order chi connectivity index (χ0) is 9.97. The molecule has 1 aromatic heterocycles. The van der Waals surface area contributed by atoms with Gasteiger partial charge in [0.15, 0.2) is 5.28 Å². The normalized spacial score (nSPS) is 10.4. The van der Waals surface area contributed by atoms with Crippen LogP contribution in [-0.4, -0.2) is 9.97 Å². The van der Waals surface area contributed by atoms with E-state index in [1.54, 1.807) is 6.20 Å². The number of nitrogens with one attached hydrogen (secondary N) is 1. The lowest BCUT2D eigenvalue weighted by atomic mass is 10.1. The van der Waals surface area contributed by atoms with Gasteiger partial charge in [0.25, 0.3) is 0 Å².